The molecule has 0 saturated carbocycles. The molecule has 0 aliphatic rings. The number of amides is 1. The van der Waals surface area contributed by atoms with Crippen molar-refractivity contribution in [2.45, 2.75) is 66.3 Å². The van der Waals surface area contributed by atoms with Crippen LogP contribution in [0.4, 0.5) is 0 Å². The number of carbonyl (C=O) groups excluding carboxylic acids is 1. The van der Waals surface area contributed by atoms with Gasteiger partial charge in [-0.15, -0.1) is 0 Å². The van der Waals surface area contributed by atoms with Crippen molar-refractivity contribution in [1.82, 2.24) is 4.90 Å². The third-order valence-electron chi connectivity index (χ3n) is 4.56. The molecule has 0 aromatic carbocycles. The van der Waals surface area contributed by atoms with Crippen LogP contribution in [-0.2, 0) is 14.4 Å². The fourth-order valence-corrected chi connectivity index (χ4v) is 3.77. The highest BCUT2D eigenvalue weighted by Gasteiger charge is 2.56. The molecule has 7 nitrogen and oxygen atoms in total. The minimum Gasteiger partial charge on any atom is -0.481 e. The summed E-state index contributed by atoms with van der Waals surface area (Å²) < 4.78 is 0. The zero-order chi connectivity index (χ0) is 19.3. The second-order valence-corrected chi connectivity index (χ2v) is 8.16. The predicted octanol–water partition coefficient (Wildman–Crippen LogP) is 1.94. The van der Waals surface area contributed by atoms with Gasteiger partial charge in [-0.25, -0.2) is 0 Å². The second kappa shape index (κ2) is 7.96. The molecule has 0 aromatic heterocycles. The van der Waals surface area contributed by atoms with E-state index in [9.17, 15) is 19.5 Å². The van der Waals surface area contributed by atoms with Crippen LogP contribution in [0.3, 0.4) is 0 Å². The third kappa shape index (κ3) is 4.93. The number of carboxylic acid groups (broad SMARTS) is 2. The number of aliphatic carboxylic acids is 2. The lowest BCUT2D eigenvalue weighted by atomic mass is 9.57. The summed E-state index contributed by atoms with van der Waals surface area (Å²) >= 11 is 0. The number of rotatable bonds is 8. The van der Waals surface area contributed by atoms with E-state index in [1.165, 1.54) is 4.90 Å². The van der Waals surface area contributed by atoms with Gasteiger partial charge >= 0.3 is 11.9 Å². The molecule has 4 N–H and O–H groups in total. The Labute approximate surface area is 144 Å². The highest BCUT2D eigenvalue weighted by molar-refractivity contribution is 5.80. The molecule has 0 spiro atoms. The van der Waals surface area contributed by atoms with Crippen LogP contribution in [0.5, 0.6) is 0 Å². The van der Waals surface area contributed by atoms with E-state index < -0.39 is 28.3 Å². The molecule has 0 saturated heterocycles. The summed E-state index contributed by atoms with van der Waals surface area (Å²) in [5.41, 5.74) is 3.26. The van der Waals surface area contributed by atoms with Crippen molar-refractivity contribution in [3.05, 3.63) is 0 Å². The molecular weight excluding hydrogens is 312 g/mol. The molecule has 0 bridgehead atoms. The Bertz CT molecular complexity index is 460. The lowest BCUT2D eigenvalue weighted by Crippen LogP contribution is -2.67. The quantitative estimate of drug-likeness (QED) is 0.619. The lowest BCUT2D eigenvalue weighted by Gasteiger charge is -2.59. The molecule has 0 aromatic rings. The van der Waals surface area contributed by atoms with Crippen molar-refractivity contribution < 1.29 is 24.6 Å². The van der Waals surface area contributed by atoms with Gasteiger partial charge in [-0.3, -0.25) is 14.4 Å². The molecule has 0 atom stereocenters. The summed E-state index contributed by atoms with van der Waals surface area (Å²) in [4.78, 5) is 36.9. The lowest BCUT2D eigenvalue weighted by molar-refractivity contribution is -0.165. The minimum atomic E-state index is -1.06. The number of nitrogens with two attached hydrogens (primary N) is 1. The second-order valence-electron chi connectivity index (χ2n) is 8.16. The maximum Gasteiger partial charge on any atom is 0.305 e. The predicted molar refractivity (Wildman–Crippen MR) is 91.5 cm³/mol. The van der Waals surface area contributed by atoms with E-state index >= 15 is 0 Å². The summed E-state index contributed by atoms with van der Waals surface area (Å²) in [7, 11) is 0. The molecule has 0 aliphatic carbocycles. The van der Waals surface area contributed by atoms with Crippen LogP contribution in [0, 0.1) is 10.8 Å². The van der Waals surface area contributed by atoms with Crippen LogP contribution in [0.25, 0.3) is 0 Å². The first-order valence-corrected chi connectivity index (χ1v) is 8.15. The fourth-order valence-electron chi connectivity index (χ4n) is 3.77. The highest BCUT2D eigenvalue weighted by Crippen LogP contribution is 2.51. The van der Waals surface area contributed by atoms with E-state index in [0.717, 1.165) is 0 Å². The first kappa shape index (κ1) is 22.4. The zero-order valence-corrected chi connectivity index (χ0v) is 15.7. The molecule has 0 radical (unpaired) electrons. The average Bonchev–Trinajstić information content (AvgIpc) is 2.34. The number of hydrogen-bond donors (Lipinski definition) is 3. The molecular formula is C17H32N2O5. The molecule has 140 valence electrons. The Morgan fingerprint density at radius 3 is 1.62 bits per heavy atom. The van der Waals surface area contributed by atoms with Crippen molar-refractivity contribution in [2.24, 2.45) is 16.6 Å². The van der Waals surface area contributed by atoms with E-state index in [1.807, 2.05) is 41.5 Å². The van der Waals surface area contributed by atoms with Crippen LogP contribution in [0.1, 0.15) is 60.8 Å². The molecule has 0 aliphatic heterocycles. The summed E-state index contributed by atoms with van der Waals surface area (Å²) in [6.07, 6.45) is -0.465. The van der Waals surface area contributed by atoms with Gasteiger partial charge in [-0.2, -0.15) is 0 Å². The van der Waals surface area contributed by atoms with Crippen molar-refractivity contribution >= 4 is 17.8 Å². The summed E-state index contributed by atoms with van der Waals surface area (Å²) in [5.74, 6) is -2.38. The van der Waals surface area contributed by atoms with Gasteiger partial charge in [0.1, 0.15) is 0 Å². The van der Waals surface area contributed by atoms with Gasteiger partial charge in [0.05, 0.1) is 18.4 Å². The monoisotopic (exact) mass is 344 g/mol. The molecule has 0 unspecified atom stereocenters. The largest absolute Gasteiger partial charge is 0.481 e. The van der Waals surface area contributed by atoms with Gasteiger partial charge in [-0.1, -0.05) is 41.5 Å². The normalized spacial score (nSPS) is 12.8. The van der Waals surface area contributed by atoms with E-state index in [-0.39, 0.29) is 38.3 Å². The number of hydrogen-bond acceptors (Lipinski definition) is 4. The summed E-state index contributed by atoms with van der Waals surface area (Å²) in [6.45, 7) is 11.4. The molecule has 0 fully saturated rings. The number of nitrogens with zero attached hydrogens (tertiary/aromatic N) is 1. The van der Waals surface area contributed by atoms with Crippen molar-refractivity contribution in [3.63, 3.8) is 0 Å². The Hall–Kier alpha value is -1.63. The number of carbonyl (C=O) groups is 3. The molecule has 0 heterocycles. The highest BCUT2D eigenvalue weighted by atomic mass is 16.4. The van der Waals surface area contributed by atoms with Gasteiger partial charge < -0.3 is 20.8 Å². The van der Waals surface area contributed by atoms with E-state index in [2.05, 4.69) is 0 Å². The van der Waals surface area contributed by atoms with E-state index in [1.54, 1.807) is 0 Å². The van der Waals surface area contributed by atoms with Crippen molar-refractivity contribution in [2.75, 3.05) is 13.1 Å². The van der Waals surface area contributed by atoms with Gasteiger partial charge in [0.25, 0.3) is 0 Å². The Morgan fingerprint density at radius 1 is 0.875 bits per heavy atom. The zero-order valence-electron chi connectivity index (χ0n) is 15.7. The summed E-state index contributed by atoms with van der Waals surface area (Å²) in [5, 5.41) is 18.6. The maximum absolute atomic E-state index is 12.7. The van der Waals surface area contributed by atoms with Crippen molar-refractivity contribution in [3.8, 4) is 0 Å². The topological polar surface area (TPSA) is 121 Å². The molecule has 0 rings (SSSR count). The Morgan fingerprint density at radius 2 is 1.33 bits per heavy atom. The minimum absolute atomic E-state index is 0.0456. The first-order chi connectivity index (χ1) is 10.7. The van der Waals surface area contributed by atoms with Gasteiger partial charge in [0.2, 0.25) is 5.91 Å². The number of carboxylic acids is 2. The van der Waals surface area contributed by atoms with Gasteiger partial charge in [0.15, 0.2) is 0 Å². The SMILES string of the molecule is CC(C)(C)C(CC(=O)O)(N(CCC(=O)O)C(=O)CCN)C(C)(C)C. The van der Waals surface area contributed by atoms with Crippen LogP contribution < -0.4 is 5.73 Å². The standard InChI is InChI=1S/C17H32N2O5/c1-15(2,3)17(11-14(23)24,16(4,5)6)19(10-8-13(21)22)12(20)7-9-18/h7-11,18H2,1-6H3,(H,21,22)(H,23,24). The van der Waals surface area contributed by atoms with Crippen LogP contribution in [0.2, 0.25) is 0 Å². The summed E-state index contributed by atoms with van der Waals surface area (Å²) in [6, 6.07) is 0. The van der Waals surface area contributed by atoms with E-state index in [4.69, 9.17) is 10.8 Å². The first-order valence-electron chi connectivity index (χ1n) is 8.15. The average molecular weight is 344 g/mol. The van der Waals surface area contributed by atoms with E-state index in [0.29, 0.717) is 0 Å². The smallest absolute Gasteiger partial charge is 0.305 e. The maximum atomic E-state index is 12.7. The Kier molecular flexibility index (Phi) is 7.42. The van der Waals surface area contributed by atoms with Gasteiger partial charge in [-0.05, 0) is 10.8 Å². The molecule has 7 heteroatoms. The van der Waals surface area contributed by atoms with Crippen LogP contribution in [0.15, 0.2) is 0 Å². The van der Waals surface area contributed by atoms with Crippen molar-refractivity contribution in [1.29, 1.82) is 0 Å². The molecule has 24 heavy (non-hydrogen) atoms. The molecule has 1 amide bonds. The van der Waals surface area contributed by atoms with Crippen LogP contribution in [-0.4, -0.2) is 51.6 Å². The van der Waals surface area contributed by atoms with Gasteiger partial charge in [0, 0.05) is 19.5 Å². The third-order valence-corrected chi connectivity index (χ3v) is 4.56. The Balaban J connectivity index is 6.37. The van der Waals surface area contributed by atoms with Crippen LogP contribution >= 0.6 is 0 Å². The fraction of sp³-hybridized carbons (Fsp3) is 0.824.